The fourth-order valence-corrected chi connectivity index (χ4v) is 2.02. The molecule has 3 heteroatoms. The van der Waals surface area contributed by atoms with Gasteiger partial charge in [0, 0.05) is 20.1 Å². The lowest BCUT2D eigenvalue weighted by Gasteiger charge is -2.25. The maximum atomic E-state index is 5.59. The van der Waals surface area contributed by atoms with Crippen molar-refractivity contribution in [3.05, 3.63) is 23.7 Å². The molecule has 1 atom stereocenters. The number of methoxy groups -OCH3 is 1. The summed E-state index contributed by atoms with van der Waals surface area (Å²) in [5, 5.41) is 3.32. The van der Waals surface area contributed by atoms with Crippen molar-refractivity contribution in [3.8, 4) is 0 Å². The molecule has 0 spiro atoms. The van der Waals surface area contributed by atoms with Gasteiger partial charge in [-0.2, -0.15) is 0 Å². The molecule has 1 aliphatic heterocycles. The van der Waals surface area contributed by atoms with Crippen molar-refractivity contribution < 1.29 is 9.15 Å². The Kier molecular flexibility index (Phi) is 2.61. The fourth-order valence-electron chi connectivity index (χ4n) is 2.02. The minimum Gasteiger partial charge on any atom is -0.469 e. The Labute approximate surface area is 84.4 Å². The van der Waals surface area contributed by atoms with Crippen LogP contribution in [-0.4, -0.2) is 25.8 Å². The number of aryl methyl sites for hydroxylation is 1. The SMILES string of the molecule is COC1(Cc2cc(C)co2)CCNC1. The van der Waals surface area contributed by atoms with Gasteiger partial charge in [-0.05, 0) is 31.5 Å². The lowest BCUT2D eigenvalue weighted by molar-refractivity contribution is 0.00392. The molecule has 1 unspecified atom stereocenters. The minimum atomic E-state index is -0.0513. The van der Waals surface area contributed by atoms with Gasteiger partial charge in [-0.25, -0.2) is 0 Å². The molecule has 14 heavy (non-hydrogen) atoms. The number of furan rings is 1. The summed E-state index contributed by atoms with van der Waals surface area (Å²) in [5.41, 5.74) is 1.13. The van der Waals surface area contributed by atoms with Gasteiger partial charge in [0.1, 0.15) is 5.76 Å². The molecule has 1 aromatic rings. The van der Waals surface area contributed by atoms with Crippen LogP contribution in [0.25, 0.3) is 0 Å². The van der Waals surface area contributed by atoms with E-state index in [1.165, 1.54) is 5.56 Å². The number of ether oxygens (including phenoxy) is 1. The van der Waals surface area contributed by atoms with Crippen molar-refractivity contribution in [1.29, 1.82) is 0 Å². The molecule has 0 radical (unpaired) electrons. The number of nitrogens with one attached hydrogen (secondary N) is 1. The van der Waals surface area contributed by atoms with Gasteiger partial charge < -0.3 is 14.5 Å². The summed E-state index contributed by atoms with van der Waals surface area (Å²) in [6.07, 6.45) is 3.72. The summed E-state index contributed by atoms with van der Waals surface area (Å²) in [6.45, 7) is 4.00. The fraction of sp³-hybridized carbons (Fsp3) is 0.636. The third-order valence-electron chi connectivity index (χ3n) is 2.92. The van der Waals surface area contributed by atoms with Crippen molar-refractivity contribution in [2.45, 2.75) is 25.4 Å². The van der Waals surface area contributed by atoms with Crippen molar-refractivity contribution >= 4 is 0 Å². The first-order chi connectivity index (χ1) is 6.74. The zero-order valence-corrected chi connectivity index (χ0v) is 8.80. The predicted octanol–water partition coefficient (Wildman–Crippen LogP) is 1.51. The van der Waals surface area contributed by atoms with E-state index in [9.17, 15) is 0 Å². The standard InChI is InChI=1S/C11H17NO2/c1-9-5-10(14-7-9)6-11(13-2)3-4-12-8-11/h5,7,12H,3-4,6,8H2,1-2H3. The summed E-state index contributed by atoms with van der Waals surface area (Å²) in [5.74, 6) is 1.02. The molecule has 0 amide bonds. The van der Waals surface area contributed by atoms with E-state index in [1.54, 1.807) is 13.4 Å². The summed E-state index contributed by atoms with van der Waals surface area (Å²) in [6, 6.07) is 2.08. The third-order valence-corrected chi connectivity index (χ3v) is 2.92. The number of hydrogen-bond donors (Lipinski definition) is 1. The third kappa shape index (κ3) is 1.83. The van der Waals surface area contributed by atoms with Crippen LogP contribution >= 0.6 is 0 Å². The molecule has 1 saturated heterocycles. The average molecular weight is 195 g/mol. The molecule has 1 aliphatic rings. The Morgan fingerprint density at radius 1 is 1.64 bits per heavy atom. The van der Waals surface area contributed by atoms with Crippen LogP contribution in [0.4, 0.5) is 0 Å². The van der Waals surface area contributed by atoms with Crippen LogP contribution in [0.15, 0.2) is 16.7 Å². The van der Waals surface area contributed by atoms with Crippen LogP contribution in [0.3, 0.4) is 0 Å². The van der Waals surface area contributed by atoms with E-state index in [0.717, 1.165) is 31.7 Å². The lowest BCUT2D eigenvalue weighted by atomic mass is 9.97. The summed E-state index contributed by atoms with van der Waals surface area (Å²) < 4.78 is 11.0. The molecular weight excluding hydrogens is 178 g/mol. The van der Waals surface area contributed by atoms with Gasteiger partial charge in [-0.3, -0.25) is 0 Å². The molecule has 0 bridgehead atoms. The van der Waals surface area contributed by atoms with Crippen molar-refractivity contribution in [2.24, 2.45) is 0 Å². The highest BCUT2D eigenvalue weighted by Crippen LogP contribution is 2.24. The molecule has 2 rings (SSSR count). The maximum absolute atomic E-state index is 5.59. The van der Waals surface area contributed by atoms with Gasteiger partial charge in [0.2, 0.25) is 0 Å². The van der Waals surface area contributed by atoms with Crippen molar-refractivity contribution in [1.82, 2.24) is 5.32 Å². The second kappa shape index (κ2) is 3.75. The Bertz CT molecular complexity index is 300. The second-order valence-electron chi connectivity index (χ2n) is 4.08. The smallest absolute Gasteiger partial charge is 0.106 e. The summed E-state index contributed by atoms with van der Waals surface area (Å²) >= 11 is 0. The summed E-state index contributed by atoms with van der Waals surface area (Å²) in [7, 11) is 1.78. The predicted molar refractivity (Wildman–Crippen MR) is 54.4 cm³/mol. The van der Waals surface area contributed by atoms with E-state index >= 15 is 0 Å². The van der Waals surface area contributed by atoms with E-state index in [2.05, 4.69) is 11.4 Å². The number of hydrogen-bond acceptors (Lipinski definition) is 3. The van der Waals surface area contributed by atoms with Gasteiger partial charge in [-0.15, -0.1) is 0 Å². The molecule has 3 nitrogen and oxygen atoms in total. The molecule has 0 aromatic carbocycles. The van der Waals surface area contributed by atoms with E-state index in [0.29, 0.717) is 0 Å². The molecule has 2 heterocycles. The van der Waals surface area contributed by atoms with Gasteiger partial charge in [0.05, 0.1) is 11.9 Å². The zero-order valence-electron chi connectivity index (χ0n) is 8.80. The Morgan fingerprint density at radius 3 is 3.00 bits per heavy atom. The topological polar surface area (TPSA) is 34.4 Å². The molecule has 0 aliphatic carbocycles. The van der Waals surface area contributed by atoms with Crippen LogP contribution in [0.1, 0.15) is 17.7 Å². The van der Waals surface area contributed by atoms with E-state index in [4.69, 9.17) is 9.15 Å². The molecule has 0 saturated carbocycles. The summed E-state index contributed by atoms with van der Waals surface area (Å²) in [4.78, 5) is 0. The Hall–Kier alpha value is -0.800. The van der Waals surface area contributed by atoms with E-state index in [-0.39, 0.29) is 5.60 Å². The quantitative estimate of drug-likeness (QED) is 0.794. The van der Waals surface area contributed by atoms with Gasteiger partial charge >= 0.3 is 0 Å². The van der Waals surface area contributed by atoms with Crippen LogP contribution in [-0.2, 0) is 11.2 Å². The second-order valence-corrected chi connectivity index (χ2v) is 4.08. The maximum Gasteiger partial charge on any atom is 0.106 e. The van der Waals surface area contributed by atoms with Crippen LogP contribution < -0.4 is 5.32 Å². The first-order valence-corrected chi connectivity index (χ1v) is 5.04. The van der Waals surface area contributed by atoms with Crippen molar-refractivity contribution in [2.75, 3.05) is 20.2 Å². The van der Waals surface area contributed by atoms with Gasteiger partial charge in [0.25, 0.3) is 0 Å². The highest BCUT2D eigenvalue weighted by molar-refractivity contribution is 5.13. The monoisotopic (exact) mass is 195 g/mol. The largest absolute Gasteiger partial charge is 0.469 e. The first-order valence-electron chi connectivity index (χ1n) is 5.04. The van der Waals surface area contributed by atoms with Gasteiger partial charge in [0.15, 0.2) is 0 Å². The van der Waals surface area contributed by atoms with Crippen LogP contribution in [0.2, 0.25) is 0 Å². The molecule has 78 valence electrons. The highest BCUT2D eigenvalue weighted by Gasteiger charge is 2.34. The lowest BCUT2D eigenvalue weighted by Crippen LogP contribution is -2.36. The molecule has 1 fully saturated rings. The normalized spacial score (nSPS) is 27.0. The Morgan fingerprint density at radius 2 is 2.50 bits per heavy atom. The molecule has 1 aromatic heterocycles. The molecular formula is C11H17NO2. The van der Waals surface area contributed by atoms with Crippen molar-refractivity contribution in [3.63, 3.8) is 0 Å². The minimum absolute atomic E-state index is 0.0513. The zero-order chi connectivity index (χ0) is 10.0. The highest BCUT2D eigenvalue weighted by atomic mass is 16.5. The van der Waals surface area contributed by atoms with E-state index < -0.39 is 0 Å². The van der Waals surface area contributed by atoms with Gasteiger partial charge in [-0.1, -0.05) is 0 Å². The average Bonchev–Trinajstić information content (AvgIpc) is 2.77. The molecule has 1 N–H and O–H groups in total. The van der Waals surface area contributed by atoms with Crippen LogP contribution in [0, 0.1) is 6.92 Å². The van der Waals surface area contributed by atoms with Crippen LogP contribution in [0.5, 0.6) is 0 Å². The first kappa shape index (κ1) is 9.74. The Balaban J connectivity index is 2.08. The number of rotatable bonds is 3. The van der Waals surface area contributed by atoms with E-state index in [1.807, 2.05) is 6.92 Å².